The van der Waals surface area contributed by atoms with E-state index < -0.39 is 0 Å². The normalized spacial score (nSPS) is 14.3. The van der Waals surface area contributed by atoms with E-state index >= 15 is 0 Å². The van der Waals surface area contributed by atoms with E-state index in [1.807, 2.05) is 19.1 Å². The molecule has 0 bridgehead atoms. The summed E-state index contributed by atoms with van der Waals surface area (Å²) in [5, 5.41) is 10.7. The first-order chi connectivity index (χ1) is 14.2. The second-order valence-electron chi connectivity index (χ2n) is 6.94. The molecule has 1 aliphatic heterocycles. The van der Waals surface area contributed by atoms with Crippen LogP contribution in [0.1, 0.15) is 22.9 Å². The first-order valence-corrected chi connectivity index (χ1v) is 9.88. The Hall–Kier alpha value is -3.24. The van der Waals surface area contributed by atoms with Crippen molar-refractivity contribution >= 4 is 28.4 Å². The van der Waals surface area contributed by atoms with Gasteiger partial charge in [0.2, 0.25) is 5.13 Å². The number of aryl methyl sites for hydroxylation is 1. The van der Waals surface area contributed by atoms with Gasteiger partial charge in [0.1, 0.15) is 18.0 Å². The van der Waals surface area contributed by atoms with Gasteiger partial charge in [0.05, 0.1) is 17.9 Å². The van der Waals surface area contributed by atoms with Crippen LogP contribution in [-0.2, 0) is 6.61 Å². The number of aliphatic hydroxyl groups is 1. The standard InChI is InChI=1S/C19H17N7O2S/c1-11-5-14(25-6-12(7-25)17-20-3-2-4-21-17)24-18-15(11)16(28)13(9-27)8-26(18)19-22-10-23-29-19/h2-5,8,10,12,27H,6-7,9H2,1H3. The van der Waals surface area contributed by atoms with Crippen LogP contribution in [-0.4, -0.2) is 47.1 Å². The van der Waals surface area contributed by atoms with Gasteiger partial charge in [0.25, 0.3) is 0 Å². The van der Waals surface area contributed by atoms with Crippen LogP contribution in [0.5, 0.6) is 0 Å². The Morgan fingerprint density at radius 1 is 1.24 bits per heavy atom. The minimum Gasteiger partial charge on any atom is -0.391 e. The fourth-order valence-corrected chi connectivity index (χ4v) is 4.08. The van der Waals surface area contributed by atoms with Gasteiger partial charge in [0.15, 0.2) is 11.1 Å². The maximum atomic E-state index is 12.8. The summed E-state index contributed by atoms with van der Waals surface area (Å²) in [6.45, 7) is 3.07. The van der Waals surface area contributed by atoms with E-state index in [9.17, 15) is 9.90 Å². The number of aromatic nitrogens is 6. The monoisotopic (exact) mass is 407 g/mol. The van der Waals surface area contributed by atoms with Crippen LogP contribution in [0.25, 0.3) is 16.2 Å². The lowest BCUT2D eigenvalue weighted by Gasteiger charge is -2.39. The Kier molecular flexibility index (Phi) is 4.29. The van der Waals surface area contributed by atoms with Crippen LogP contribution in [0.3, 0.4) is 0 Å². The van der Waals surface area contributed by atoms with Crippen LogP contribution in [0.2, 0.25) is 0 Å². The summed E-state index contributed by atoms with van der Waals surface area (Å²) in [6.07, 6.45) is 6.56. The average Bonchev–Trinajstić information content (AvgIpc) is 3.22. The van der Waals surface area contributed by atoms with Gasteiger partial charge in [0, 0.05) is 48.8 Å². The molecule has 1 saturated heterocycles. The van der Waals surface area contributed by atoms with Gasteiger partial charge in [-0.1, -0.05) is 0 Å². The first-order valence-electron chi connectivity index (χ1n) is 9.11. The summed E-state index contributed by atoms with van der Waals surface area (Å²) >= 11 is 1.20. The number of fused-ring (bicyclic) bond motifs is 1. The van der Waals surface area contributed by atoms with Crippen LogP contribution in [0.4, 0.5) is 5.82 Å². The second kappa shape index (κ2) is 6.98. The smallest absolute Gasteiger partial charge is 0.214 e. The third-order valence-electron chi connectivity index (χ3n) is 5.10. The molecule has 1 N–H and O–H groups in total. The van der Waals surface area contributed by atoms with Crippen molar-refractivity contribution in [3.63, 3.8) is 0 Å². The number of pyridine rings is 2. The van der Waals surface area contributed by atoms with E-state index in [4.69, 9.17) is 4.98 Å². The highest BCUT2D eigenvalue weighted by Gasteiger charge is 2.31. The predicted molar refractivity (Wildman–Crippen MR) is 108 cm³/mol. The molecule has 0 aliphatic carbocycles. The van der Waals surface area contributed by atoms with Crippen molar-refractivity contribution in [3.8, 4) is 5.13 Å². The molecule has 5 rings (SSSR count). The minimum absolute atomic E-state index is 0.209. The first kappa shape index (κ1) is 17.8. The van der Waals surface area contributed by atoms with Crippen molar-refractivity contribution in [3.05, 3.63) is 64.2 Å². The number of anilines is 1. The van der Waals surface area contributed by atoms with E-state index in [1.54, 1.807) is 23.2 Å². The van der Waals surface area contributed by atoms with Crippen molar-refractivity contribution in [1.29, 1.82) is 0 Å². The lowest BCUT2D eigenvalue weighted by molar-refractivity contribution is 0.280. The van der Waals surface area contributed by atoms with Gasteiger partial charge in [-0.15, -0.1) is 0 Å². The third kappa shape index (κ3) is 2.97. The van der Waals surface area contributed by atoms with Crippen LogP contribution < -0.4 is 10.3 Å². The van der Waals surface area contributed by atoms with E-state index in [1.165, 1.54) is 17.9 Å². The molecule has 0 saturated carbocycles. The lowest BCUT2D eigenvalue weighted by atomic mass is 9.98. The van der Waals surface area contributed by atoms with Crippen molar-refractivity contribution in [2.24, 2.45) is 0 Å². The molecule has 10 heteroatoms. The van der Waals surface area contributed by atoms with Crippen LogP contribution >= 0.6 is 11.5 Å². The molecule has 0 atom stereocenters. The van der Waals surface area contributed by atoms with Crippen LogP contribution in [0, 0.1) is 6.92 Å². The summed E-state index contributed by atoms with van der Waals surface area (Å²) < 4.78 is 5.78. The van der Waals surface area contributed by atoms with Crippen LogP contribution in [0.15, 0.2) is 41.8 Å². The van der Waals surface area contributed by atoms with Crippen molar-refractivity contribution in [2.45, 2.75) is 19.4 Å². The van der Waals surface area contributed by atoms with Crippen molar-refractivity contribution in [1.82, 2.24) is 28.9 Å². The zero-order chi connectivity index (χ0) is 20.0. The summed E-state index contributed by atoms with van der Waals surface area (Å²) in [4.78, 5) is 32.7. The highest BCUT2D eigenvalue weighted by atomic mass is 32.1. The number of nitrogens with zero attached hydrogens (tertiary/aromatic N) is 7. The Bertz CT molecular complexity index is 1240. The summed E-state index contributed by atoms with van der Waals surface area (Å²) in [5.74, 6) is 1.88. The zero-order valence-electron chi connectivity index (χ0n) is 15.6. The molecule has 0 radical (unpaired) electrons. The van der Waals surface area contributed by atoms with E-state index in [2.05, 4.69) is 24.2 Å². The van der Waals surface area contributed by atoms with Crippen molar-refractivity contribution < 1.29 is 5.11 Å². The molecule has 29 heavy (non-hydrogen) atoms. The molecule has 0 aromatic carbocycles. The Morgan fingerprint density at radius 2 is 2.03 bits per heavy atom. The highest BCUT2D eigenvalue weighted by molar-refractivity contribution is 7.08. The number of aliphatic hydroxyl groups excluding tert-OH is 1. The quantitative estimate of drug-likeness (QED) is 0.541. The molecule has 5 heterocycles. The Morgan fingerprint density at radius 3 is 2.72 bits per heavy atom. The summed E-state index contributed by atoms with van der Waals surface area (Å²) in [7, 11) is 0. The fraction of sp³-hybridized carbons (Fsp3) is 0.263. The molecule has 0 unspecified atom stereocenters. The third-order valence-corrected chi connectivity index (χ3v) is 5.76. The summed E-state index contributed by atoms with van der Waals surface area (Å²) in [6, 6.07) is 3.72. The Labute approximate surface area is 169 Å². The zero-order valence-corrected chi connectivity index (χ0v) is 16.4. The topological polar surface area (TPSA) is 110 Å². The minimum atomic E-state index is -0.348. The molecule has 1 aliphatic rings. The largest absolute Gasteiger partial charge is 0.391 e. The molecule has 1 fully saturated rings. The number of hydrogen-bond acceptors (Lipinski definition) is 9. The van der Waals surface area contributed by atoms with E-state index in [0.717, 1.165) is 30.3 Å². The molecular weight excluding hydrogens is 390 g/mol. The molecule has 0 amide bonds. The molecular formula is C19H17N7O2S. The van der Waals surface area contributed by atoms with Gasteiger partial charge in [-0.3, -0.25) is 9.36 Å². The summed E-state index contributed by atoms with van der Waals surface area (Å²) in [5.41, 5.74) is 1.41. The van der Waals surface area contributed by atoms with Gasteiger partial charge >= 0.3 is 0 Å². The fourth-order valence-electron chi connectivity index (χ4n) is 3.57. The van der Waals surface area contributed by atoms with Gasteiger partial charge in [-0.25, -0.2) is 19.9 Å². The highest BCUT2D eigenvalue weighted by Crippen LogP contribution is 2.31. The number of rotatable bonds is 4. The molecule has 0 spiro atoms. The van der Waals surface area contributed by atoms with E-state index in [0.29, 0.717) is 21.7 Å². The molecule has 4 aromatic heterocycles. The van der Waals surface area contributed by atoms with E-state index in [-0.39, 0.29) is 18.0 Å². The SMILES string of the molecule is Cc1cc(N2CC(c3ncccn3)C2)nc2c1c(=O)c(CO)cn2-c1ncns1. The molecule has 146 valence electrons. The lowest BCUT2D eigenvalue weighted by Crippen LogP contribution is -2.46. The second-order valence-corrected chi connectivity index (χ2v) is 7.70. The molecule has 4 aromatic rings. The maximum absolute atomic E-state index is 12.8. The van der Waals surface area contributed by atoms with Gasteiger partial charge in [-0.2, -0.15) is 4.37 Å². The van der Waals surface area contributed by atoms with Crippen molar-refractivity contribution in [2.75, 3.05) is 18.0 Å². The van der Waals surface area contributed by atoms with Gasteiger partial charge < -0.3 is 10.0 Å². The average molecular weight is 407 g/mol. The van der Waals surface area contributed by atoms with Gasteiger partial charge in [-0.05, 0) is 24.6 Å². The number of hydrogen-bond donors (Lipinski definition) is 1. The molecule has 9 nitrogen and oxygen atoms in total. The maximum Gasteiger partial charge on any atom is 0.214 e. The predicted octanol–water partition coefficient (Wildman–Crippen LogP) is 1.43. The Balaban J connectivity index is 1.59.